The van der Waals surface area contributed by atoms with E-state index in [2.05, 4.69) is 11.1 Å². The van der Waals surface area contributed by atoms with Crippen LogP contribution in [0.3, 0.4) is 0 Å². The van der Waals surface area contributed by atoms with Gasteiger partial charge in [-0.15, -0.1) is 6.58 Å². The van der Waals surface area contributed by atoms with E-state index in [9.17, 15) is 4.79 Å². The largest absolute Gasteiger partial charge is 0.348 e. The first-order valence-corrected chi connectivity index (χ1v) is 9.49. The van der Waals surface area contributed by atoms with Crippen LogP contribution in [0.5, 0.6) is 0 Å². The van der Waals surface area contributed by atoms with Crippen molar-refractivity contribution in [3.63, 3.8) is 0 Å². The average molecular weight is 397 g/mol. The van der Waals surface area contributed by atoms with Crippen LogP contribution in [0.4, 0.5) is 11.4 Å². The van der Waals surface area contributed by atoms with Crippen LogP contribution in [0.2, 0.25) is 10.0 Å². The summed E-state index contributed by atoms with van der Waals surface area (Å²) in [4.78, 5) is 15.1. The highest BCUT2D eigenvalue weighted by molar-refractivity contribution is 6.40. The van der Waals surface area contributed by atoms with E-state index in [-0.39, 0.29) is 11.8 Å². The molecule has 0 saturated carbocycles. The Balaban J connectivity index is 1.78. The number of aromatic nitrogens is 1. The first kappa shape index (κ1) is 17.9. The van der Waals surface area contributed by atoms with Crippen LogP contribution in [0.15, 0.2) is 73.4 Å². The molecule has 1 aromatic heterocycles. The third-order valence-electron chi connectivity index (χ3n) is 4.90. The van der Waals surface area contributed by atoms with Gasteiger partial charge in [0.2, 0.25) is 5.91 Å². The number of carbonyl (C=O) groups is 1. The molecule has 0 spiro atoms. The number of halogens is 2. The summed E-state index contributed by atoms with van der Waals surface area (Å²) in [7, 11) is 0. The van der Waals surface area contributed by atoms with Crippen LogP contribution >= 0.6 is 23.2 Å². The molecule has 3 aromatic rings. The van der Waals surface area contributed by atoms with Crippen molar-refractivity contribution >= 4 is 40.5 Å². The van der Waals surface area contributed by atoms with Gasteiger partial charge in [0.1, 0.15) is 0 Å². The van der Waals surface area contributed by atoms with E-state index in [4.69, 9.17) is 23.2 Å². The average Bonchev–Trinajstić information content (AvgIpc) is 3.20. The maximum atomic E-state index is 13.4. The molecule has 0 bridgehead atoms. The number of fused-ring (bicyclic) bond motifs is 1. The molecule has 136 valence electrons. The summed E-state index contributed by atoms with van der Waals surface area (Å²) in [6.45, 7) is 4.52. The molecule has 2 aromatic carbocycles. The number of amides is 1. The van der Waals surface area contributed by atoms with Crippen molar-refractivity contribution in [2.45, 2.75) is 18.9 Å². The van der Waals surface area contributed by atoms with Crippen molar-refractivity contribution in [2.24, 2.45) is 0 Å². The van der Waals surface area contributed by atoms with Gasteiger partial charge in [0.15, 0.2) is 0 Å². The van der Waals surface area contributed by atoms with Crippen molar-refractivity contribution in [1.29, 1.82) is 0 Å². The molecule has 0 radical (unpaired) electrons. The second kappa shape index (κ2) is 7.26. The molecule has 1 aliphatic heterocycles. The van der Waals surface area contributed by atoms with Gasteiger partial charge in [0.05, 0.1) is 27.3 Å². The first-order valence-electron chi connectivity index (χ1n) is 8.73. The Morgan fingerprint density at radius 2 is 1.74 bits per heavy atom. The molecule has 0 aliphatic carbocycles. The van der Waals surface area contributed by atoms with E-state index in [1.165, 1.54) is 0 Å². The van der Waals surface area contributed by atoms with E-state index in [1.807, 2.05) is 48.7 Å². The van der Waals surface area contributed by atoms with Crippen LogP contribution in [0, 0.1) is 0 Å². The minimum Gasteiger partial charge on any atom is -0.348 e. The minimum atomic E-state index is -0.285. The third kappa shape index (κ3) is 3.07. The van der Waals surface area contributed by atoms with Gasteiger partial charge in [0, 0.05) is 24.9 Å². The minimum absolute atomic E-state index is 0.0162. The predicted octanol–water partition coefficient (Wildman–Crippen LogP) is 5.99. The van der Waals surface area contributed by atoms with Gasteiger partial charge in [-0.25, -0.2) is 0 Å². The molecular weight excluding hydrogens is 379 g/mol. The SMILES string of the molecule is C=CCn1cccc1CC1C(=O)N(c2c(Cl)cccc2Cl)c2ccccc21. The van der Waals surface area contributed by atoms with E-state index in [1.54, 1.807) is 23.1 Å². The molecule has 1 amide bonds. The molecule has 1 atom stereocenters. The number of hydrogen-bond acceptors (Lipinski definition) is 1. The Kier molecular flexibility index (Phi) is 4.81. The monoisotopic (exact) mass is 396 g/mol. The van der Waals surface area contributed by atoms with Crippen LogP contribution in [-0.4, -0.2) is 10.5 Å². The Morgan fingerprint density at radius 3 is 2.48 bits per heavy atom. The smallest absolute Gasteiger partial charge is 0.239 e. The van der Waals surface area contributed by atoms with E-state index in [0.717, 1.165) is 16.9 Å². The van der Waals surface area contributed by atoms with Crippen LogP contribution in [0.25, 0.3) is 0 Å². The maximum absolute atomic E-state index is 13.4. The maximum Gasteiger partial charge on any atom is 0.239 e. The van der Waals surface area contributed by atoms with Crippen LogP contribution in [0.1, 0.15) is 17.2 Å². The van der Waals surface area contributed by atoms with Crippen molar-refractivity contribution < 1.29 is 4.79 Å². The van der Waals surface area contributed by atoms with E-state index >= 15 is 0 Å². The first-order chi connectivity index (χ1) is 13.1. The quantitative estimate of drug-likeness (QED) is 0.486. The van der Waals surface area contributed by atoms with Gasteiger partial charge >= 0.3 is 0 Å². The van der Waals surface area contributed by atoms with Gasteiger partial charge in [0.25, 0.3) is 0 Å². The molecule has 3 nitrogen and oxygen atoms in total. The zero-order valence-corrected chi connectivity index (χ0v) is 16.1. The molecule has 27 heavy (non-hydrogen) atoms. The zero-order chi connectivity index (χ0) is 19.0. The lowest BCUT2D eigenvalue weighted by Gasteiger charge is -2.21. The summed E-state index contributed by atoms with van der Waals surface area (Å²) >= 11 is 12.8. The number of hydrogen-bond donors (Lipinski definition) is 0. The van der Waals surface area contributed by atoms with Crippen LogP contribution in [-0.2, 0) is 17.8 Å². The molecule has 0 N–H and O–H groups in total. The molecule has 4 rings (SSSR count). The summed E-state index contributed by atoms with van der Waals surface area (Å²) < 4.78 is 2.11. The molecule has 1 aliphatic rings. The molecular formula is C22H18Cl2N2O. The summed E-state index contributed by atoms with van der Waals surface area (Å²) in [5.74, 6) is -0.301. The lowest BCUT2D eigenvalue weighted by atomic mass is 9.95. The Hall–Kier alpha value is -2.49. The lowest BCUT2D eigenvalue weighted by molar-refractivity contribution is -0.118. The van der Waals surface area contributed by atoms with E-state index < -0.39 is 0 Å². The van der Waals surface area contributed by atoms with Crippen molar-refractivity contribution in [2.75, 3.05) is 4.90 Å². The van der Waals surface area contributed by atoms with Gasteiger partial charge in [-0.1, -0.05) is 53.5 Å². The Bertz CT molecular complexity index is 1000. The summed E-state index contributed by atoms with van der Waals surface area (Å²) in [5.41, 5.74) is 3.46. The second-order valence-electron chi connectivity index (χ2n) is 6.50. The molecule has 2 heterocycles. The number of benzene rings is 2. The van der Waals surface area contributed by atoms with Crippen LogP contribution < -0.4 is 4.90 Å². The summed E-state index contributed by atoms with van der Waals surface area (Å²) in [5, 5.41) is 0.919. The van der Waals surface area contributed by atoms with Gasteiger partial charge in [-0.3, -0.25) is 9.69 Å². The lowest BCUT2D eigenvalue weighted by Crippen LogP contribution is -2.25. The highest BCUT2D eigenvalue weighted by Crippen LogP contribution is 2.47. The highest BCUT2D eigenvalue weighted by atomic mass is 35.5. The summed E-state index contributed by atoms with van der Waals surface area (Å²) in [6.07, 6.45) is 4.46. The number of anilines is 2. The number of allylic oxidation sites excluding steroid dienone is 1. The predicted molar refractivity (Wildman–Crippen MR) is 111 cm³/mol. The fraction of sp³-hybridized carbons (Fsp3) is 0.136. The fourth-order valence-electron chi connectivity index (χ4n) is 3.69. The number of carbonyl (C=O) groups excluding carboxylic acids is 1. The third-order valence-corrected chi connectivity index (χ3v) is 5.51. The molecule has 0 saturated heterocycles. The normalized spacial score (nSPS) is 15.9. The second-order valence-corrected chi connectivity index (χ2v) is 7.31. The fourth-order valence-corrected chi connectivity index (χ4v) is 4.25. The van der Waals surface area contributed by atoms with Gasteiger partial charge in [-0.05, 0) is 35.9 Å². The molecule has 1 unspecified atom stereocenters. The Morgan fingerprint density at radius 1 is 1.00 bits per heavy atom. The zero-order valence-electron chi connectivity index (χ0n) is 14.6. The Labute approximate surface area is 168 Å². The number of rotatable bonds is 5. The summed E-state index contributed by atoms with van der Waals surface area (Å²) in [6, 6.07) is 17.1. The standard InChI is InChI=1S/C22H18Cl2N2O/c1-2-12-25-13-6-7-15(25)14-17-16-8-3-4-11-20(16)26(22(17)27)21-18(23)9-5-10-19(21)24/h2-11,13,17H,1,12,14H2. The van der Waals surface area contributed by atoms with E-state index in [0.29, 0.717) is 28.7 Å². The van der Waals surface area contributed by atoms with Crippen molar-refractivity contribution in [3.8, 4) is 0 Å². The number of para-hydroxylation sites is 2. The topological polar surface area (TPSA) is 25.2 Å². The van der Waals surface area contributed by atoms with Crippen molar-refractivity contribution in [1.82, 2.24) is 4.57 Å². The van der Waals surface area contributed by atoms with Gasteiger partial charge in [-0.2, -0.15) is 0 Å². The highest BCUT2D eigenvalue weighted by Gasteiger charge is 2.39. The molecule has 0 fully saturated rings. The van der Waals surface area contributed by atoms with Gasteiger partial charge < -0.3 is 4.57 Å². The van der Waals surface area contributed by atoms with Crippen molar-refractivity contribution in [3.05, 3.63) is 94.8 Å². The number of nitrogens with zero attached hydrogens (tertiary/aromatic N) is 2. The molecule has 5 heteroatoms.